The zero-order chi connectivity index (χ0) is 7.23. The molecule has 1 heterocycles. The summed E-state index contributed by atoms with van der Waals surface area (Å²) in [6.07, 6.45) is 2.16. The Bertz CT molecular complexity index is 108. The maximum Gasteiger partial charge on any atom is 0.233 e. The predicted molar refractivity (Wildman–Crippen MR) is 35.6 cm³/mol. The lowest BCUT2D eigenvalue weighted by molar-refractivity contribution is -0.181. The Morgan fingerprint density at radius 2 is 2.70 bits per heavy atom. The molecule has 0 aromatic carbocycles. The number of nitrogens with zero attached hydrogens (tertiary/aromatic N) is 1. The summed E-state index contributed by atoms with van der Waals surface area (Å²) < 4.78 is 10.0. The average Bonchev–Trinajstić information content (AvgIpc) is 2.41. The first kappa shape index (κ1) is 7.50. The summed E-state index contributed by atoms with van der Waals surface area (Å²) in [5.41, 5.74) is 0. The Labute approximate surface area is 59.7 Å². The molecule has 4 heteroatoms. The van der Waals surface area contributed by atoms with Crippen molar-refractivity contribution in [1.29, 1.82) is 0 Å². The average molecular weight is 145 g/mol. The van der Waals surface area contributed by atoms with E-state index in [4.69, 9.17) is 14.3 Å². The molecular weight excluding hydrogens is 134 g/mol. The summed E-state index contributed by atoms with van der Waals surface area (Å²) in [5, 5.41) is 3.54. The van der Waals surface area contributed by atoms with Crippen LogP contribution in [0, 0.1) is 0 Å². The Morgan fingerprint density at radius 1 is 1.80 bits per heavy atom. The highest BCUT2D eigenvalue weighted by atomic mass is 16.8. The molecule has 1 aliphatic rings. The first-order valence-corrected chi connectivity index (χ1v) is 3.30. The van der Waals surface area contributed by atoms with Gasteiger partial charge in [-0.2, -0.15) is 0 Å². The van der Waals surface area contributed by atoms with Crippen molar-refractivity contribution in [3.63, 3.8) is 0 Å². The van der Waals surface area contributed by atoms with Gasteiger partial charge in [-0.25, -0.2) is 0 Å². The summed E-state index contributed by atoms with van der Waals surface area (Å²) in [4.78, 5) is 4.77. The van der Waals surface area contributed by atoms with Crippen LogP contribution in [-0.2, 0) is 14.3 Å². The first-order valence-electron chi connectivity index (χ1n) is 3.30. The van der Waals surface area contributed by atoms with E-state index in [9.17, 15) is 0 Å². The second-order valence-electron chi connectivity index (χ2n) is 1.84. The van der Waals surface area contributed by atoms with Crippen molar-refractivity contribution in [2.45, 2.75) is 19.6 Å². The molecule has 58 valence electrons. The van der Waals surface area contributed by atoms with E-state index < -0.39 is 0 Å². The highest BCUT2D eigenvalue weighted by molar-refractivity contribution is 5.58. The van der Waals surface area contributed by atoms with E-state index >= 15 is 0 Å². The van der Waals surface area contributed by atoms with Crippen LogP contribution in [0.4, 0.5) is 0 Å². The largest absolute Gasteiger partial charge is 0.363 e. The quantitative estimate of drug-likeness (QED) is 0.432. The molecule has 10 heavy (non-hydrogen) atoms. The van der Waals surface area contributed by atoms with E-state index in [1.54, 1.807) is 6.21 Å². The van der Waals surface area contributed by atoms with Crippen molar-refractivity contribution >= 4 is 6.21 Å². The van der Waals surface area contributed by atoms with E-state index in [1.807, 2.05) is 6.92 Å². The van der Waals surface area contributed by atoms with Crippen LogP contribution in [0.3, 0.4) is 0 Å². The van der Waals surface area contributed by atoms with Crippen LogP contribution in [0.25, 0.3) is 0 Å². The Balaban J connectivity index is 1.93. The highest BCUT2D eigenvalue weighted by Crippen LogP contribution is 2.05. The summed E-state index contributed by atoms with van der Waals surface area (Å²) in [5.74, 6) is 0. The third kappa shape index (κ3) is 2.33. The standard InChI is InChI=1S/C6H11NO3/c1-2-8-5-9-6-3-4-7-10-6/h4,6H,2-3,5H2,1H3. The van der Waals surface area contributed by atoms with Gasteiger partial charge >= 0.3 is 0 Å². The van der Waals surface area contributed by atoms with Gasteiger partial charge in [0.1, 0.15) is 0 Å². The number of rotatable bonds is 4. The minimum atomic E-state index is -0.230. The zero-order valence-electron chi connectivity index (χ0n) is 5.95. The van der Waals surface area contributed by atoms with Crippen LogP contribution in [0.15, 0.2) is 5.16 Å². The van der Waals surface area contributed by atoms with Crippen LogP contribution >= 0.6 is 0 Å². The molecule has 0 radical (unpaired) electrons. The Hall–Kier alpha value is -0.610. The molecule has 0 spiro atoms. The molecule has 0 saturated heterocycles. The van der Waals surface area contributed by atoms with Gasteiger partial charge in [-0.05, 0) is 6.92 Å². The van der Waals surface area contributed by atoms with Crippen molar-refractivity contribution in [2.75, 3.05) is 13.4 Å². The van der Waals surface area contributed by atoms with Gasteiger partial charge in [0.15, 0.2) is 6.79 Å². The molecule has 0 N–H and O–H groups in total. The molecule has 1 unspecified atom stereocenters. The third-order valence-corrected chi connectivity index (χ3v) is 1.09. The van der Waals surface area contributed by atoms with Crippen molar-refractivity contribution < 1.29 is 14.3 Å². The van der Waals surface area contributed by atoms with E-state index in [-0.39, 0.29) is 13.1 Å². The van der Waals surface area contributed by atoms with Gasteiger partial charge in [0, 0.05) is 6.61 Å². The van der Waals surface area contributed by atoms with Gasteiger partial charge in [0.2, 0.25) is 6.29 Å². The predicted octanol–water partition coefficient (Wildman–Crippen LogP) is 0.729. The monoisotopic (exact) mass is 145 g/mol. The summed E-state index contributed by atoms with van der Waals surface area (Å²) in [6, 6.07) is 0. The van der Waals surface area contributed by atoms with E-state index in [1.165, 1.54) is 0 Å². The van der Waals surface area contributed by atoms with E-state index in [0.29, 0.717) is 13.0 Å². The lowest BCUT2D eigenvalue weighted by Crippen LogP contribution is -2.13. The van der Waals surface area contributed by atoms with Crippen LogP contribution in [0.1, 0.15) is 13.3 Å². The van der Waals surface area contributed by atoms with Crippen LogP contribution in [-0.4, -0.2) is 25.9 Å². The fourth-order valence-corrected chi connectivity index (χ4v) is 0.589. The SMILES string of the molecule is CCOCOC1CC=NO1. The molecule has 0 aromatic heterocycles. The van der Waals surface area contributed by atoms with E-state index in [0.717, 1.165) is 0 Å². The number of hydrogen-bond acceptors (Lipinski definition) is 4. The molecule has 0 amide bonds. The minimum absolute atomic E-state index is 0.230. The molecule has 1 atom stereocenters. The van der Waals surface area contributed by atoms with Crippen LogP contribution in [0.5, 0.6) is 0 Å². The van der Waals surface area contributed by atoms with Gasteiger partial charge in [0.05, 0.1) is 12.6 Å². The Kier molecular flexibility index (Phi) is 3.18. The summed E-state index contributed by atoms with van der Waals surface area (Å²) >= 11 is 0. The number of oxime groups is 1. The van der Waals surface area contributed by atoms with Gasteiger partial charge in [-0.15, -0.1) is 0 Å². The van der Waals surface area contributed by atoms with Crippen LogP contribution in [0.2, 0.25) is 0 Å². The molecule has 1 rings (SSSR count). The topological polar surface area (TPSA) is 40.0 Å². The fourth-order valence-electron chi connectivity index (χ4n) is 0.589. The molecule has 4 nitrogen and oxygen atoms in total. The van der Waals surface area contributed by atoms with Crippen LogP contribution < -0.4 is 0 Å². The second-order valence-corrected chi connectivity index (χ2v) is 1.84. The molecule has 0 aromatic rings. The molecular formula is C6H11NO3. The molecule has 0 bridgehead atoms. The molecule has 1 aliphatic heterocycles. The maximum absolute atomic E-state index is 5.07. The summed E-state index contributed by atoms with van der Waals surface area (Å²) in [7, 11) is 0. The van der Waals surface area contributed by atoms with Gasteiger partial charge < -0.3 is 14.3 Å². The van der Waals surface area contributed by atoms with E-state index in [2.05, 4.69) is 5.16 Å². The van der Waals surface area contributed by atoms with Crippen molar-refractivity contribution in [3.8, 4) is 0 Å². The van der Waals surface area contributed by atoms with Gasteiger partial charge in [-0.1, -0.05) is 5.16 Å². The van der Waals surface area contributed by atoms with Crippen molar-refractivity contribution in [3.05, 3.63) is 0 Å². The summed E-state index contributed by atoms with van der Waals surface area (Å²) in [6.45, 7) is 2.85. The van der Waals surface area contributed by atoms with Crippen molar-refractivity contribution in [1.82, 2.24) is 0 Å². The molecule has 0 saturated carbocycles. The number of ether oxygens (including phenoxy) is 2. The molecule has 0 aliphatic carbocycles. The zero-order valence-corrected chi connectivity index (χ0v) is 5.95. The third-order valence-electron chi connectivity index (χ3n) is 1.09. The van der Waals surface area contributed by atoms with Gasteiger partial charge in [0.25, 0.3) is 0 Å². The maximum atomic E-state index is 5.07. The fraction of sp³-hybridized carbons (Fsp3) is 0.833. The minimum Gasteiger partial charge on any atom is -0.363 e. The molecule has 0 fully saturated rings. The first-order chi connectivity index (χ1) is 4.93. The Morgan fingerprint density at radius 3 is 3.30 bits per heavy atom. The smallest absolute Gasteiger partial charge is 0.233 e. The normalized spacial score (nSPS) is 23.1. The highest BCUT2D eigenvalue weighted by Gasteiger charge is 2.12. The number of hydrogen-bond donors (Lipinski definition) is 0. The van der Waals surface area contributed by atoms with Crippen molar-refractivity contribution in [2.24, 2.45) is 5.16 Å². The lowest BCUT2D eigenvalue weighted by atomic mass is 10.5. The lowest BCUT2D eigenvalue weighted by Gasteiger charge is -2.08. The second kappa shape index (κ2) is 4.24. The van der Waals surface area contributed by atoms with Gasteiger partial charge in [-0.3, -0.25) is 0 Å².